The average molecular weight is 478 g/mol. The number of carbonyl (C=O) groups is 1. The van der Waals surface area contributed by atoms with Gasteiger partial charge in [-0.05, 0) is 76.1 Å². The highest BCUT2D eigenvalue weighted by Gasteiger charge is 2.42. The first kappa shape index (κ1) is 23.4. The summed E-state index contributed by atoms with van der Waals surface area (Å²) in [6, 6.07) is 3.38. The van der Waals surface area contributed by atoms with E-state index < -0.39 is 15.8 Å². The lowest BCUT2D eigenvalue weighted by molar-refractivity contribution is 0.0853. The summed E-state index contributed by atoms with van der Waals surface area (Å²) in [4.78, 5) is 20.2. The molecule has 3 N–H and O–H groups in total. The number of hydrogen-bond donors (Lipinski definition) is 3. The molecular weight excluding hydrogens is 449 g/mol. The monoisotopic (exact) mass is 477 g/mol. The fourth-order valence-electron chi connectivity index (χ4n) is 3.58. The van der Waals surface area contributed by atoms with Crippen molar-refractivity contribution in [3.05, 3.63) is 42.0 Å². The van der Waals surface area contributed by atoms with Gasteiger partial charge < -0.3 is 15.4 Å². The highest BCUT2D eigenvalue weighted by molar-refractivity contribution is 7.89. The Balaban J connectivity index is 1.31. The summed E-state index contributed by atoms with van der Waals surface area (Å²) < 4.78 is 46.6. The van der Waals surface area contributed by atoms with Crippen LogP contribution in [0.1, 0.15) is 57.9 Å². The molecule has 0 saturated heterocycles. The second-order valence-corrected chi connectivity index (χ2v) is 10.9. The van der Waals surface area contributed by atoms with Gasteiger partial charge in [-0.2, -0.15) is 0 Å². The Morgan fingerprint density at radius 2 is 1.88 bits per heavy atom. The molecule has 0 radical (unpaired) electrons. The number of carbonyl (C=O) groups excluding carboxylic acids is 1. The number of alkyl carbamates (subject to hydrolysis) is 1. The van der Waals surface area contributed by atoms with Crippen molar-refractivity contribution in [1.82, 2.24) is 20.0 Å². The first-order valence-corrected chi connectivity index (χ1v) is 12.4. The van der Waals surface area contributed by atoms with Crippen molar-refractivity contribution in [3.8, 4) is 0 Å². The zero-order chi connectivity index (χ0) is 23.8. The third-order valence-corrected chi connectivity index (χ3v) is 7.44. The summed E-state index contributed by atoms with van der Waals surface area (Å²) in [5.74, 6) is -0.298. The summed E-state index contributed by atoms with van der Waals surface area (Å²) in [5.41, 5.74) is 0.716. The Morgan fingerprint density at radius 3 is 2.45 bits per heavy atom. The Bertz CT molecular complexity index is 1130. The molecule has 0 bridgehead atoms. The first-order chi connectivity index (χ1) is 15.5. The van der Waals surface area contributed by atoms with Gasteiger partial charge in [0.15, 0.2) is 0 Å². The van der Waals surface area contributed by atoms with Gasteiger partial charge in [-0.15, -0.1) is 0 Å². The van der Waals surface area contributed by atoms with Gasteiger partial charge in [0.25, 0.3) is 0 Å². The lowest BCUT2D eigenvalue weighted by atomic mass is 9.77. The Hall–Kier alpha value is -2.79. The van der Waals surface area contributed by atoms with Gasteiger partial charge in [0.05, 0.1) is 10.6 Å². The molecule has 2 aliphatic rings. The zero-order valence-corrected chi connectivity index (χ0v) is 19.6. The van der Waals surface area contributed by atoms with E-state index in [1.807, 2.05) is 6.92 Å². The van der Waals surface area contributed by atoms with E-state index in [2.05, 4.69) is 25.3 Å². The third kappa shape index (κ3) is 5.77. The zero-order valence-electron chi connectivity index (χ0n) is 18.8. The summed E-state index contributed by atoms with van der Waals surface area (Å²) in [6.07, 6.45) is 6.34. The van der Waals surface area contributed by atoms with Crippen molar-refractivity contribution < 1.29 is 22.3 Å². The van der Waals surface area contributed by atoms with Gasteiger partial charge in [-0.25, -0.2) is 32.3 Å². The van der Waals surface area contributed by atoms with Crippen molar-refractivity contribution >= 4 is 27.8 Å². The number of nitrogens with one attached hydrogen (secondary N) is 3. The maximum absolute atomic E-state index is 14.5. The molecule has 178 valence electrons. The van der Waals surface area contributed by atoms with Gasteiger partial charge in [-0.1, -0.05) is 0 Å². The van der Waals surface area contributed by atoms with Gasteiger partial charge in [-0.3, -0.25) is 0 Å². The van der Waals surface area contributed by atoms with E-state index in [1.165, 1.54) is 12.1 Å². The fraction of sp³-hybridized carbons (Fsp3) is 0.500. The average Bonchev–Trinajstić information content (AvgIpc) is 3.42. The number of ether oxygens (including phenoxy) is 1. The molecule has 1 heterocycles. The molecule has 0 aliphatic heterocycles. The molecule has 0 atom stereocenters. The maximum Gasteiger partial charge on any atom is 0.407 e. The number of amides is 1. The first-order valence-electron chi connectivity index (χ1n) is 10.9. The number of sulfonamides is 1. The number of benzene rings is 1. The van der Waals surface area contributed by atoms with Crippen molar-refractivity contribution in [1.29, 1.82) is 0 Å². The number of halogens is 1. The summed E-state index contributed by atoms with van der Waals surface area (Å²) in [7, 11) is -3.78. The van der Waals surface area contributed by atoms with Crippen LogP contribution in [0.4, 0.5) is 20.8 Å². The molecule has 33 heavy (non-hydrogen) atoms. The van der Waals surface area contributed by atoms with Gasteiger partial charge in [0.2, 0.25) is 16.0 Å². The van der Waals surface area contributed by atoms with Crippen molar-refractivity contribution in [2.75, 3.05) is 5.32 Å². The Kier molecular flexibility index (Phi) is 6.28. The maximum atomic E-state index is 14.5. The van der Waals surface area contributed by atoms with E-state index in [9.17, 15) is 17.6 Å². The second kappa shape index (κ2) is 8.86. The fourth-order valence-corrected chi connectivity index (χ4v) is 4.84. The van der Waals surface area contributed by atoms with Crippen LogP contribution in [-0.4, -0.2) is 42.2 Å². The lowest BCUT2D eigenvalue weighted by Gasteiger charge is -2.35. The summed E-state index contributed by atoms with van der Waals surface area (Å²) in [6.45, 7) is 5.30. The molecule has 2 aromatic rings. The molecule has 0 unspecified atom stereocenters. The quantitative estimate of drug-likeness (QED) is 0.531. The minimum absolute atomic E-state index is 0.0664. The molecule has 9 nitrogen and oxygen atoms in total. The van der Waals surface area contributed by atoms with Crippen molar-refractivity contribution in [3.63, 3.8) is 0 Å². The van der Waals surface area contributed by atoms with Gasteiger partial charge in [0.1, 0.15) is 11.4 Å². The van der Waals surface area contributed by atoms with E-state index in [0.717, 1.165) is 37.3 Å². The smallest absolute Gasteiger partial charge is 0.407 e. The standard InChI is InChI=1S/C22H28FN5O4S/c1-13(2)28-33(30,31)17-4-5-19(18(23)10-17)27-20-24-11-15(12-25-20)14-8-16(9-14)26-21(29)32-22(3)6-7-22/h4-5,10-14,16,28H,6-9H2,1-3H3,(H,26,29)(H,24,25,27). The molecular formula is C22H28FN5O4S. The molecule has 2 saturated carbocycles. The van der Waals surface area contributed by atoms with Crippen LogP contribution in [0.15, 0.2) is 35.5 Å². The van der Waals surface area contributed by atoms with Gasteiger partial charge in [0, 0.05) is 24.5 Å². The van der Waals surface area contributed by atoms with Crippen LogP contribution in [0.3, 0.4) is 0 Å². The van der Waals surface area contributed by atoms with E-state index in [4.69, 9.17) is 4.74 Å². The Labute approximate surface area is 192 Å². The van der Waals surface area contributed by atoms with Crippen LogP contribution >= 0.6 is 0 Å². The van der Waals surface area contributed by atoms with Crippen LogP contribution < -0.4 is 15.4 Å². The topological polar surface area (TPSA) is 122 Å². The van der Waals surface area contributed by atoms with Crippen LogP contribution in [0.25, 0.3) is 0 Å². The van der Waals surface area contributed by atoms with Crippen molar-refractivity contribution in [2.24, 2.45) is 0 Å². The predicted molar refractivity (Wildman–Crippen MR) is 120 cm³/mol. The normalized spacial score (nSPS) is 21.2. The van der Waals surface area contributed by atoms with Crippen molar-refractivity contribution in [2.45, 2.75) is 75.0 Å². The van der Waals surface area contributed by atoms with Gasteiger partial charge >= 0.3 is 6.09 Å². The molecule has 0 spiro atoms. The molecule has 2 aliphatic carbocycles. The molecule has 1 aromatic carbocycles. The van der Waals surface area contributed by atoms with Crippen LogP contribution in [-0.2, 0) is 14.8 Å². The van der Waals surface area contributed by atoms with E-state index >= 15 is 0 Å². The number of anilines is 2. The molecule has 11 heteroatoms. The summed E-state index contributed by atoms with van der Waals surface area (Å²) >= 11 is 0. The minimum atomic E-state index is -3.78. The van der Waals surface area contributed by atoms with Crippen LogP contribution in [0.5, 0.6) is 0 Å². The second-order valence-electron chi connectivity index (χ2n) is 9.23. The third-order valence-electron chi connectivity index (χ3n) is 5.78. The van der Waals surface area contributed by atoms with E-state index in [0.29, 0.717) is 0 Å². The van der Waals surface area contributed by atoms with E-state index in [1.54, 1.807) is 26.2 Å². The summed E-state index contributed by atoms with van der Waals surface area (Å²) in [5, 5.41) is 5.66. The largest absolute Gasteiger partial charge is 0.443 e. The predicted octanol–water partition coefficient (Wildman–Crippen LogP) is 3.57. The molecule has 1 amide bonds. The number of rotatable bonds is 8. The highest BCUT2D eigenvalue weighted by Crippen LogP contribution is 2.40. The van der Waals surface area contributed by atoms with E-state index in [-0.39, 0.29) is 46.2 Å². The highest BCUT2D eigenvalue weighted by atomic mass is 32.2. The number of nitrogens with zero attached hydrogens (tertiary/aromatic N) is 2. The minimum Gasteiger partial charge on any atom is -0.443 e. The van der Waals surface area contributed by atoms with Crippen LogP contribution in [0.2, 0.25) is 0 Å². The number of aromatic nitrogens is 2. The molecule has 1 aromatic heterocycles. The molecule has 4 rings (SSSR count). The number of hydrogen-bond acceptors (Lipinski definition) is 7. The SMILES string of the molecule is CC(C)NS(=O)(=O)c1ccc(Nc2ncc(C3CC(NC(=O)OC4(C)CC4)C3)cn2)c(F)c1. The lowest BCUT2D eigenvalue weighted by Crippen LogP contribution is -2.44. The van der Waals surface area contributed by atoms with Crippen LogP contribution in [0, 0.1) is 5.82 Å². The Morgan fingerprint density at radius 1 is 1.21 bits per heavy atom. The molecule has 2 fully saturated rings.